The minimum absolute atomic E-state index is 0.0301. The molecule has 2 aromatic rings. The molecule has 2 rings (SSSR count). The molecule has 25 heavy (non-hydrogen) atoms. The maximum atomic E-state index is 13.1. The molecule has 0 bridgehead atoms. The van der Waals surface area contributed by atoms with E-state index in [9.17, 15) is 18.0 Å². The molecule has 10 heteroatoms. The van der Waals surface area contributed by atoms with Gasteiger partial charge in [0.2, 0.25) is 0 Å². The first-order valence-electron chi connectivity index (χ1n) is 6.70. The highest BCUT2D eigenvalue weighted by atomic mass is 35.5. The molecule has 130 valence electrons. The third kappa shape index (κ3) is 4.60. The molecule has 0 aliphatic carbocycles. The van der Waals surface area contributed by atoms with Crippen LogP contribution >= 0.6 is 11.6 Å². The van der Waals surface area contributed by atoms with E-state index in [0.717, 1.165) is 11.5 Å². The molecule has 0 aliphatic heterocycles. The third-order valence-corrected chi connectivity index (χ3v) is 3.31. The van der Waals surface area contributed by atoms with Gasteiger partial charge in [0.15, 0.2) is 5.69 Å². The average Bonchev–Trinajstić information content (AvgIpc) is 2.58. The Kier molecular flexibility index (Phi) is 5.48. The van der Waals surface area contributed by atoms with Crippen LogP contribution in [0, 0.1) is 11.3 Å². The smallest absolute Gasteiger partial charge is 0.298 e. The van der Waals surface area contributed by atoms with Crippen LogP contribution in [0.15, 0.2) is 36.4 Å². The van der Waals surface area contributed by atoms with Crippen molar-refractivity contribution in [3.05, 3.63) is 58.1 Å². The van der Waals surface area contributed by atoms with Gasteiger partial charge in [-0.3, -0.25) is 15.6 Å². The van der Waals surface area contributed by atoms with Gasteiger partial charge in [0.25, 0.3) is 5.91 Å². The number of nitrogens with zero attached hydrogens (tertiary/aromatic N) is 1. The van der Waals surface area contributed by atoms with Gasteiger partial charge in [-0.25, -0.2) is 5.21 Å². The Hall–Kier alpha value is -2.80. The highest BCUT2D eigenvalue weighted by Gasteiger charge is 2.34. The van der Waals surface area contributed by atoms with Crippen LogP contribution in [0.5, 0.6) is 0 Å². The summed E-state index contributed by atoms with van der Waals surface area (Å²) in [7, 11) is 0. The molecule has 0 atom stereocenters. The molecule has 0 aromatic heterocycles. The predicted octanol–water partition coefficient (Wildman–Crippen LogP) is 2.57. The predicted molar refractivity (Wildman–Crippen MR) is 82.1 cm³/mol. The number of quaternary nitrogens is 1. The monoisotopic (exact) mass is 371 g/mol. The molecule has 0 heterocycles. The summed E-state index contributed by atoms with van der Waals surface area (Å²) in [6.07, 6.45) is -4.71. The van der Waals surface area contributed by atoms with E-state index in [1.54, 1.807) is 6.07 Å². The summed E-state index contributed by atoms with van der Waals surface area (Å²) >= 11 is 5.80. The van der Waals surface area contributed by atoms with Crippen LogP contribution < -0.4 is 16.3 Å². The molecule has 6 nitrogen and oxygen atoms in total. The van der Waals surface area contributed by atoms with Crippen LogP contribution in [0.1, 0.15) is 21.5 Å². The van der Waals surface area contributed by atoms with Gasteiger partial charge < -0.3 is 0 Å². The molecule has 5 N–H and O–H groups in total. The van der Waals surface area contributed by atoms with Crippen LogP contribution in [-0.4, -0.2) is 11.1 Å². The highest BCUT2D eigenvalue weighted by Crippen LogP contribution is 2.35. The topological polar surface area (TPSA) is 102 Å². The molecule has 1 amide bonds. The van der Waals surface area contributed by atoms with Crippen LogP contribution in [0.3, 0.4) is 0 Å². The first-order chi connectivity index (χ1) is 11.7. The van der Waals surface area contributed by atoms with Crippen molar-refractivity contribution in [2.45, 2.75) is 6.18 Å². The zero-order chi connectivity index (χ0) is 18.6. The van der Waals surface area contributed by atoms with Crippen molar-refractivity contribution in [2.75, 3.05) is 5.43 Å². The highest BCUT2D eigenvalue weighted by molar-refractivity contribution is 6.31. The van der Waals surface area contributed by atoms with Gasteiger partial charge in [-0.05, 0) is 24.3 Å². The lowest BCUT2D eigenvalue weighted by molar-refractivity contribution is -0.825. The largest absolute Gasteiger partial charge is 0.418 e. The Morgan fingerprint density at radius 2 is 1.96 bits per heavy atom. The number of hydrazine groups is 1. The fourth-order valence-corrected chi connectivity index (χ4v) is 2.22. The van der Waals surface area contributed by atoms with Crippen molar-refractivity contribution in [1.29, 1.82) is 5.26 Å². The van der Waals surface area contributed by atoms with E-state index < -0.39 is 23.3 Å². The van der Waals surface area contributed by atoms with Gasteiger partial charge in [0.05, 0.1) is 22.9 Å². The van der Waals surface area contributed by atoms with Crippen molar-refractivity contribution in [3.63, 3.8) is 0 Å². The second-order valence-corrected chi connectivity index (χ2v) is 5.29. The van der Waals surface area contributed by atoms with Crippen LogP contribution in [0.2, 0.25) is 5.02 Å². The first kappa shape index (κ1) is 18.5. The zero-order valence-corrected chi connectivity index (χ0v) is 13.1. The van der Waals surface area contributed by atoms with E-state index in [-0.39, 0.29) is 21.8 Å². The number of alkyl halides is 3. The second-order valence-electron chi connectivity index (χ2n) is 4.85. The fraction of sp³-hybridized carbons (Fsp3) is 0.0667. The molecule has 0 saturated carbocycles. The van der Waals surface area contributed by atoms with Gasteiger partial charge in [0.1, 0.15) is 0 Å². The summed E-state index contributed by atoms with van der Waals surface area (Å²) in [5.41, 5.74) is 3.64. The van der Waals surface area contributed by atoms with Crippen molar-refractivity contribution in [1.82, 2.24) is 5.43 Å². The van der Waals surface area contributed by atoms with Gasteiger partial charge in [-0.2, -0.15) is 23.9 Å². The standard InChI is InChI=1S/C15H10ClF3N4O2/c16-10-4-9(5-11(6-10)23-25)14(24)22-21-13-2-1-8(7-20)3-12(13)15(17,18)19/h1-6,21,23,25H,(H,22,24)/p+1. The lowest BCUT2D eigenvalue weighted by Gasteiger charge is -2.15. The van der Waals surface area contributed by atoms with E-state index in [0.29, 0.717) is 6.07 Å². The van der Waals surface area contributed by atoms with E-state index in [1.165, 1.54) is 24.3 Å². The van der Waals surface area contributed by atoms with E-state index >= 15 is 0 Å². The van der Waals surface area contributed by atoms with E-state index in [2.05, 4.69) is 10.9 Å². The summed E-state index contributed by atoms with van der Waals surface area (Å²) in [5, 5.41) is 17.9. The third-order valence-electron chi connectivity index (χ3n) is 3.10. The Morgan fingerprint density at radius 1 is 1.24 bits per heavy atom. The Bertz CT molecular complexity index is 850. The average molecular weight is 372 g/mol. The number of benzene rings is 2. The summed E-state index contributed by atoms with van der Waals surface area (Å²) in [6, 6.07) is 8.49. The molecule has 2 aromatic carbocycles. The maximum absolute atomic E-state index is 13.1. The fourth-order valence-electron chi connectivity index (χ4n) is 1.97. The minimum Gasteiger partial charge on any atom is -0.298 e. The minimum atomic E-state index is -4.71. The molecule has 0 aliphatic rings. The molecule has 0 fully saturated rings. The van der Waals surface area contributed by atoms with Crippen molar-refractivity contribution < 1.29 is 28.7 Å². The second kappa shape index (κ2) is 7.40. The number of carbonyl (C=O) groups excluding carboxylic acids is 1. The van der Waals surface area contributed by atoms with Crippen LogP contribution in [0.4, 0.5) is 24.5 Å². The zero-order valence-electron chi connectivity index (χ0n) is 12.4. The number of nitriles is 1. The molecule has 0 radical (unpaired) electrons. The van der Waals surface area contributed by atoms with E-state index in [4.69, 9.17) is 22.1 Å². The van der Waals surface area contributed by atoms with Crippen molar-refractivity contribution >= 4 is 28.9 Å². The molecule has 0 spiro atoms. The summed E-state index contributed by atoms with van der Waals surface area (Å²) in [6.45, 7) is 0. The normalized spacial score (nSPS) is 10.9. The number of anilines is 1. The van der Waals surface area contributed by atoms with Gasteiger partial charge >= 0.3 is 6.18 Å². The summed E-state index contributed by atoms with van der Waals surface area (Å²) < 4.78 is 39.2. The number of hydrogen-bond acceptors (Lipinski definition) is 4. The quantitative estimate of drug-likeness (QED) is 0.490. The van der Waals surface area contributed by atoms with Crippen LogP contribution in [0.25, 0.3) is 0 Å². The number of hydrogen-bond donors (Lipinski definition) is 4. The maximum Gasteiger partial charge on any atom is 0.418 e. The SMILES string of the molecule is N#Cc1ccc(NNC(=O)c2cc(Cl)cc([NH2+]O)c2)c(C(F)(F)F)c1. The number of rotatable bonds is 4. The summed E-state index contributed by atoms with van der Waals surface area (Å²) in [4.78, 5) is 12.1. The van der Waals surface area contributed by atoms with Gasteiger partial charge in [-0.15, -0.1) is 0 Å². The van der Waals surface area contributed by atoms with Crippen molar-refractivity contribution in [2.24, 2.45) is 0 Å². The van der Waals surface area contributed by atoms with E-state index in [1.807, 2.05) is 0 Å². The first-order valence-corrected chi connectivity index (χ1v) is 7.08. The number of carbonyl (C=O) groups is 1. The Balaban J connectivity index is 2.23. The Morgan fingerprint density at radius 3 is 2.56 bits per heavy atom. The number of halogens is 4. The molecule has 0 unspecified atom stereocenters. The molecule has 0 saturated heterocycles. The number of nitrogens with one attached hydrogen (secondary N) is 2. The number of amides is 1. The molecular weight excluding hydrogens is 361 g/mol. The Labute approximate surface area is 144 Å². The summed E-state index contributed by atoms with van der Waals surface area (Å²) in [5.74, 6) is -0.761. The lowest BCUT2D eigenvalue weighted by Crippen LogP contribution is -2.73. The molecular formula is C15H11ClF3N4O2+. The van der Waals surface area contributed by atoms with Gasteiger partial charge in [0, 0.05) is 22.7 Å². The van der Waals surface area contributed by atoms with Crippen molar-refractivity contribution in [3.8, 4) is 6.07 Å². The van der Waals surface area contributed by atoms with Gasteiger partial charge in [-0.1, -0.05) is 11.6 Å². The number of nitrogens with two attached hydrogens (primary N) is 1. The van der Waals surface area contributed by atoms with Crippen LogP contribution in [-0.2, 0) is 6.18 Å². The lowest BCUT2D eigenvalue weighted by atomic mass is 10.1.